The standard InChI is InChI=1S/C16H21NO4/c1-10(2)15(16(19)20)17-14(18)9-13-12-6-4-3-5-11(12)7-8-21-13/h3-6,10,13,15H,7-9H2,1-2H3,(H,17,18)(H,19,20). The van der Waals surface area contributed by atoms with Crippen molar-refractivity contribution in [2.45, 2.75) is 38.8 Å². The van der Waals surface area contributed by atoms with E-state index in [0.717, 1.165) is 12.0 Å². The molecule has 0 radical (unpaired) electrons. The van der Waals surface area contributed by atoms with Crippen LogP contribution in [0, 0.1) is 5.92 Å². The van der Waals surface area contributed by atoms with Gasteiger partial charge in [0.05, 0.1) is 19.1 Å². The number of hydrogen-bond acceptors (Lipinski definition) is 3. The molecule has 2 rings (SSSR count). The van der Waals surface area contributed by atoms with Crippen molar-refractivity contribution in [3.63, 3.8) is 0 Å². The third kappa shape index (κ3) is 3.82. The van der Waals surface area contributed by atoms with Crippen LogP contribution in [0.1, 0.15) is 37.5 Å². The van der Waals surface area contributed by atoms with E-state index in [1.54, 1.807) is 13.8 Å². The first-order chi connectivity index (χ1) is 9.99. The molecule has 2 N–H and O–H groups in total. The first-order valence-electron chi connectivity index (χ1n) is 7.20. The number of amides is 1. The van der Waals surface area contributed by atoms with Crippen LogP contribution in [0.25, 0.3) is 0 Å². The summed E-state index contributed by atoms with van der Waals surface area (Å²) in [6.45, 7) is 4.12. The van der Waals surface area contributed by atoms with Crippen molar-refractivity contribution in [3.05, 3.63) is 35.4 Å². The molecule has 0 saturated carbocycles. The maximum atomic E-state index is 12.1. The van der Waals surface area contributed by atoms with Crippen LogP contribution in [0.2, 0.25) is 0 Å². The molecular weight excluding hydrogens is 270 g/mol. The summed E-state index contributed by atoms with van der Waals surface area (Å²) in [6.07, 6.45) is 0.697. The molecule has 5 nitrogen and oxygen atoms in total. The Kier molecular flexibility index (Phi) is 4.96. The summed E-state index contributed by atoms with van der Waals surface area (Å²) < 4.78 is 5.67. The Balaban J connectivity index is 2.02. The topological polar surface area (TPSA) is 75.6 Å². The fraction of sp³-hybridized carbons (Fsp3) is 0.500. The second-order valence-electron chi connectivity index (χ2n) is 5.64. The van der Waals surface area contributed by atoms with Crippen molar-refractivity contribution in [2.24, 2.45) is 5.92 Å². The first kappa shape index (κ1) is 15.5. The zero-order valence-electron chi connectivity index (χ0n) is 12.3. The Morgan fingerprint density at radius 2 is 2.10 bits per heavy atom. The van der Waals surface area contributed by atoms with E-state index < -0.39 is 12.0 Å². The van der Waals surface area contributed by atoms with Crippen molar-refractivity contribution < 1.29 is 19.4 Å². The highest BCUT2D eigenvalue weighted by Crippen LogP contribution is 2.29. The second-order valence-corrected chi connectivity index (χ2v) is 5.64. The van der Waals surface area contributed by atoms with Gasteiger partial charge in [-0.3, -0.25) is 4.79 Å². The van der Waals surface area contributed by atoms with Crippen molar-refractivity contribution in [2.75, 3.05) is 6.61 Å². The van der Waals surface area contributed by atoms with Gasteiger partial charge in [0.15, 0.2) is 0 Å². The van der Waals surface area contributed by atoms with Crippen molar-refractivity contribution in [1.82, 2.24) is 5.32 Å². The molecule has 1 aromatic rings. The molecule has 5 heteroatoms. The first-order valence-corrected chi connectivity index (χ1v) is 7.20. The van der Waals surface area contributed by atoms with Gasteiger partial charge in [0.1, 0.15) is 6.04 Å². The summed E-state index contributed by atoms with van der Waals surface area (Å²) in [4.78, 5) is 23.2. The molecule has 2 unspecified atom stereocenters. The zero-order chi connectivity index (χ0) is 15.4. The molecule has 0 aromatic heterocycles. The van der Waals surface area contributed by atoms with Crippen LogP contribution in [0.4, 0.5) is 0 Å². The van der Waals surface area contributed by atoms with Gasteiger partial charge in [-0.05, 0) is 23.5 Å². The zero-order valence-corrected chi connectivity index (χ0v) is 12.3. The van der Waals surface area contributed by atoms with Gasteiger partial charge in [-0.15, -0.1) is 0 Å². The molecule has 0 aliphatic carbocycles. The number of ether oxygens (including phenoxy) is 1. The average molecular weight is 291 g/mol. The Morgan fingerprint density at radius 3 is 2.76 bits per heavy atom. The SMILES string of the molecule is CC(C)C(NC(=O)CC1OCCc2ccccc21)C(=O)O. The lowest BCUT2D eigenvalue weighted by atomic mass is 9.95. The average Bonchev–Trinajstić information content (AvgIpc) is 2.44. The lowest BCUT2D eigenvalue weighted by molar-refractivity contribution is -0.143. The van der Waals surface area contributed by atoms with Crippen molar-refractivity contribution >= 4 is 11.9 Å². The summed E-state index contributed by atoms with van der Waals surface area (Å²) in [6, 6.07) is 7.03. The molecule has 0 bridgehead atoms. The number of carboxylic acid groups (broad SMARTS) is 1. The summed E-state index contributed by atoms with van der Waals surface area (Å²) in [7, 11) is 0. The minimum Gasteiger partial charge on any atom is -0.480 e. The van der Waals surface area contributed by atoms with Gasteiger partial charge in [-0.25, -0.2) is 4.79 Å². The van der Waals surface area contributed by atoms with Crippen LogP contribution in [-0.2, 0) is 20.7 Å². The van der Waals surface area contributed by atoms with E-state index in [-0.39, 0.29) is 24.3 Å². The fourth-order valence-electron chi connectivity index (χ4n) is 2.56. The summed E-state index contributed by atoms with van der Waals surface area (Å²) >= 11 is 0. The van der Waals surface area contributed by atoms with Crippen molar-refractivity contribution in [1.29, 1.82) is 0 Å². The maximum Gasteiger partial charge on any atom is 0.326 e. The largest absolute Gasteiger partial charge is 0.480 e. The van der Waals surface area contributed by atoms with Crippen LogP contribution >= 0.6 is 0 Å². The van der Waals surface area contributed by atoms with E-state index in [4.69, 9.17) is 9.84 Å². The molecule has 21 heavy (non-hydrogen) atoms. The van der Waals surface area contributed by atoms with E-state index in [9.17, 15) is 9.59 Å². The predicted molar refractivity (Wildman–Crippen MR) is 77.9 cm³/mol. The number of carboxylic acids is 1. The number of benzene rings is 1. The minimum atomic E-state index is -1.01. The van der Waals surface area contributed by atoms with E-state index in [0.29, 0.717) is 6.61 Å². The third-order valence-corrected chi connectivity index (χ3v) is 3.71. The van der Waals surface area contributed by atoms with E-state index >= 15 is 0 Å². The Morgan fingerprint density at radius 1 is 1.38 bits per heavy atom. The molecule has 114 valence electrons. The summed E-state index contributed by atoms with van der Waals surface area (Å²) in [5.74, 6) is -1.47. The van der Waals surface area contributed by atoms with Gasteiger partial charge in [0, 0.05) is 0 Å². The Labute approximate surface area is 124 Å². The smallest absolute Gasteiger partial charge is 0.326 e. The van der Waals surface area contributed by atoms with Crippen LogP contribution in [0.5, 0.6) is 0 Å². The normalized spacial score (nSPS) is 18.9. The molecule has 1 amide bonds. The highest BCUT2D eigenvalue weighted by Gasteiger charge is 2.27. The van der Waals surface area contributed by atoms with Crippen molar-refractivity contribution in [3.8, 4) is 0 Å². The number of rotatable bonds is 5. The quantitative estimate of drug-likeness (QED) is 0.869. The molecule has 0 fully saturated rings. The van der Waals surface area contributed by atoms with Crippen LogP contribution in [0.3, 0.4) is 0 Å². The van der Waals surface area contributed by atoms with E-state index in [2.05, 4.69) is 5.32 Å². The number of carbonyl (C=O) groups is 2. The molecule has 1 heterocycles. The molecular formula is C16H21NO4. The number of nitrogens with one attached hydrogen (secondary N) is 1. The number of hydrogen-bond donors (Lipinski definition) is 2. The highest BCUT2D eigenvalue weighted by molar-refractivity contribution is 5.84. The Bertz CT molecular complexity index is 527. The number of aliphatic carboxylic acids is 1. The van der Waals surface area contributed by atoms with E-state index in [1.165, 1.54) is 5.56 Å². The second kappa shape index (κ2) is 6.72. The maximum absolute atomic E-state index is 12.1. The molecule has 1 aliphatic rings. The highest BCUT2D eigenvalue weighted by atomic mass is 16.5. The molecule has 0 saturated heterocycles. The predicted octanol–water partition coefficient (Wildman–Crippen LogP) is 1.92. The van der Waals surface area contributed by atoms with Gasteiger partial charge in [-0.1, -0.05) is 38.1 Å². The lowest BCUT2D eigenvalue weighted by Gasteiger charge is -2.26. The number of fused-ring (bicyclic) bond motifs is 1. The Hall–Kier alpha value is -1.88. The molecule has 0 spiro atoms. The third-order valence-electron chi connectivity index (χ3n) is 3.71. The lowest BCUT2D eigenvalue weighted by Crippen LogP contribution is -2.44. The van der Waals surface area contributed by atoms with Crippen LogP contribution < -0.4 is 5.32 Å². The van der Waals surface area contributed by atoms with Gasteiger partial charge < -0.3 is 15.2 Å². The fourth-order valence-corrected chi connectivity index (χ4v) is 2.56. The summed E-state index contributed by atoms with van der Waals surface area (Å²) in [5, 5.41) is 11.7. The van der Waals surface area contributed by atoms with Gasteiger partial charge in [0.25, 0.3) is 0 Å². The van der Waals surface area contributed by atoms with Crippen LogP contribution in [-0.4, -0.2) is 29.6 Å². The summed E-state index contributed by atoms with van der Waals surface area (Å²) in [5.41, 5.74) is 2.22. The molecule has 1 aliphatic heterocycles. The molecule has 2 atom stereocenters. The van der Waals surface area contributed by atoms with Gasteiger partial charge in [-0.2, -0.15) is 0 Å². The van der Waals surface area contributed by atoms with E-state index in [1.807, 2.05) is 24.3 Å². The monoisotopic (exact) mass is 291 g/mol. The van der Waals surface area contributed by atoms with Crippen LogP contribution in [0.15, 0.2) is 24.3 Å². The minimum absolute atomic E-state index is 0.146. The number of carbonyl (C=O) groups excluding carboxylic acids is 1. The molecule has 1 aromatic carbocycles. The van der Waals surface area contributed by atoms with Gasteiger partial charge in [0.2, 0.25) is 5.91 Å². The van der Waals surface area contributed by atoms with Gasteiger partial charge >= 0.3 is 5.97 Å².